The zero-order valence-corrected chi connectivity index (χ0v) is 19.2. The number of aromatic nitrogens is 1. The summed E-state index contributed by atoms with van der Waals surface area (Å²) in [6, 6.07) is 17.3. The van der Waals surface area contributed by atoms with Crippen LogP contribution in [0, 0.1) is 5.82 Å². The third kappa shape index (κ3) is 5.02. The molecule has 0 unspecified atom stereocenters. The van der Waals surface area contributed by atoms with Crippen molar-refractivity contribution in [3.05, 3.63) is 88.8 Å². The van der Waals surface area contributed by atoms with Gasteiger partial charge in [-0.05, 0) is 63.0 Å². The average molecular weight is 537 g/mol. The Morgan fingerprint density at radius 3 is 2.45 bits per heavy atom. The molecule has 33 heavy (non-hydrogen) atoms. The summed E-state index contributed by atoms with van der Waals surface area (Å²) in [6.45, 7) is -3.12. The van der Waals surface area contributed by atoms with Gasteiger partial charge in [-0.1, -0.05) is 36.4 Å². The summed E-state index contributed by atoms with van der Waals surface area (Å²) in [5.74, 6) is -1.57. The van der Waals surface area contributed by atoms with Crippen LogP contribution in [-0.4, -0.2) is 20.0 Å². The van der Waals surface area contributed by atoms with Crippen LogP contribution in [0.25, 0.3) is 22.0 Å². The minimum absolute atomic E-state index is 0.00102. The number of ether oxygens (including phenoxy) is 1. The molecule has 10 heteroatoms. The van der Waals surface area contributed by atoms with Gasteiger partial charge in [0.25, 0.3) is 0 Å². The van der Waals surface area contributed by atoms with E-state index in [0.29, 0.717) is 11.1 Å². The topological polar surface area (TPSA) is 68.3 Å². The number of benzene rings is 3. The molecule has 170 valence electrons. The van der Waals surface area contributed by atoms with Gasteiger partial charge >= 0.3 is 6.61 Å². The van der Waals surface area contributed by atoms with Crippen LogP contribution in [0.15, 0.2) is 82.3 Å². The molecule has 0 amide bonds. The molecule has 0 bridgehead atoms. The van der Waals surface area contributed by atoms with E-state index in [4.69, 9.17) is 0 Å². The Bertz CT molecular complexity index is 1410. The van der Waals surface area contributed by atoms with E-state index in [1.54, 1.807) is 12.3 Å². The molecule has 0 saturated carbocycles. The molecule has 3 aromatic carbocycles. The highest BCUT2D eigenvalue weighted by Gasteiger charge is 2.19. The van der Waals surface area contributed by atoms with Gasteiger partial charge in [0.05, 0.1) is 14.9 Å². The van der Waals surface area contributed by atoms with E-state index in [2.05, 4.69) is 30.4 Å². The number of pyridine rings is 1. The molecule has 5 nitrogen and oxygen atoms in total. The molecule has 0 aliphatic rings. The molecule has 0 aliphatic carbocycles. The minimum Gasteiger partial charge on any atom is -0.430 e. The van der Waals surface area contributed by atoms with Gasteiger partial charge in [-0.15, -0.1) is 0 Å². The molecule has 4 rings (SSSR count). The molecule has 1 heterocycles. The normalized spacial score (nSPS) is 11.8. The van der Waals surface area contributed by atoms with E-state index < -0.39 is 28.2 Å². The number of para-hydroxylation sites is 1. The first-order valence-electron chi connectivity index (χ1n) is 9.62. The van der Waals surface area contributed by atoms with Crippen LogP contribution in [0.5, 0.6) is 5.75 Å². The summed E-state index contributed by atoms with van der Waals surface area (Å²) in [4.78, 5) is 4.28. The first kappa shape index (κ1) is 23.2. The fourth-order valence-electron chi connectivity index (χ4n) is 3.33. The van der Waals surface area contributed by atoms with Crippen molar-refractivity contribution in [2.45, 2.75) is 18.1 Å². The second-order valence-corrected chi connectivity index (χ2v) is 9.51. The predicted octanol–water partition coefficient (Wildman–Crippen LogP) is 5.88. The zero-order chi connectivity index (χ0) is 23.6. The monoisotopic (exact) mass is 536 g/mol. The van der Waals surface area contributed by atoms with Crippen molar-refractivity contribution < 1.29 is 26.3 Å². The maximum absolute atomic E-state index is 13.9. The van der Waals surface area contributed by atoms with E-state index in [1.807, 2.05) is 24.3 Å². The largest absolute Gasteiger partial charge is 0.430 e. The van der Waals surface area contributed by atoms with Crippen LogP contribution in [0.4, 0.5) is 13.2 Å². The quantitative estimate of drug-likeness (QED) is 0.320. The summed E-state index contributed by atoms with van der Waals surface area (Å²) in [6.07, 6.45) is 1.62. The summed E-state index contributed by atoms with van der Waals surface area (Å²) >= 11 is 3.09. The van der Waals surface area contributed by atoms with E-state index in [9.17, 15) is 21.6 Å². The number of fused-ring (bicyclic) bond motifs is 1. The van der Waals surface area contributed by atoms with Crippen molar-refractivity contribution >= 4 is 36.9 Å². The first-order chi connectivity index (χ1) is 15.8. The van der Waals surface area contributed by atoms with Crippen LogP contribution < -0.4 is 9.46 Å². The predicted molar refractivity (Wildman–Crippen MR) is 122 cm³/mol. The van der Waals surface area contributed by atoms with Gasteiger partial charge in [0.1, 0.15) is 0 Å². The van der Waals surface area contributed by atoms with Gasteiger partial charge in [-0.2, -0.15) is 8.78 Å². The summed E-state index contributed by atoms with van der Waals surface area (Å²) in [5, 5.41) is 0.848. The molecular weight excluding hydrogens is 521 g/mol. The van der Waals surface area contributed by atoms with Crippen molar-refractivity contribution in [2.24, 2.45) is 0 Å². The van der Waals surface area contributed by atoms with Crippen molar-refractivity contribution in [2.75, 3.05) is 0 Å². The lowest BCUT2D eigenvalue weighted by molar-refractivity contribution is -0.0526. The van der Waals surface area contributed by atoms with Gasteiger partial charge in [0.2, 0.25) is 10.0 Å². The van der Waals surface area contributed by atoms with Crippen molar-refractivity contribution in [1.82, 2.24) is 9.71 Å². The number of hydrogen-bond acceptors (Lipinski definition) is 4. The van der Waals surface area contributed by atoms with E-state index >= 15 is 0 Å². The molecule has 0 spiro atoms. The second kappa shape index (κ2) is 9.50. The zero-order valence-electron chi connectivity index (χ0n) is 16.8. The van der Waals surface area contributed by atoms with Crippen LogP contribution in [-0.2, 0) is 16.6 Å². The van der Waals surface area contributed by atoms with Crippen LogP contribution in [0.2, 0.25) is 0 Å². The molecule has 0 saturated heterocycles. The third-order valence-corrected chi connectivity index (χ3v) is 7.13. The molecule has 0 fully saturated rings. The maximum Gasteiger partial charge on any atom is 0.387 e. The number of sulfonamides is 1. The summed E-state index contributed by atoms with van der Waals surface area (Å²) < 4.78 is 71.5. The Labute approximate surface area is 196 Å². The Morgan fingerprint density at radius 1 is 1.00 bits per heavy atom. The average Bonchev–Trinajstić information content (AvgIpc) is 2.80. The maximum atomic E-state index is 13.9. The summed E-state index contributed by atoms with van der Waals surface area (Å²) in [7, 11) is -3.83. The lowest BCUT2D eigenvalue weighted by Gasteiger charge is -2.13. The lowest BCUT2D eigenvalue weighted by Crippen LogP contribution is -2.23. The number of halogens is 4. The molecule has 1 N–H and O–H groups in total. The molecule has 4 aromatic rings. The Balaban J connectivity index is 1.56. The van der Waals surface area contributed by atoms with E-state index in [1.165, 1.54) is 30.3 Å². The van der Waals surface area contributed by atoms with Crippen LogP contribution >= 0.6 is 15.9 Å². The van der Waals surface area contributed by atoms with Gasteiger partial charge in [0, 0.05) is 18.1 Å². The fraction of sp³-hybridized carbons (Fsp3) is 0.0870. The van der Waals surface area contributed by atoms with Crippen LogP contribution in [0.1, 0.15) is 5.56 Å². The third-order valence-electron chi connectivity index (χ3n) is 4.92. The standard InChI is InChI=1S/C23H16BrF3N2O3S/c24-21-18(9-10-19(25)22(21)32-23(26)27)14-5-7-16(8-6-14)33(30,31)29-13-15-11-12-28-20-4-2-1-3-17(15)20/h1-12,23,29H,13H2. The van der Waals surface area contributed by atoms with E-state index in [0.717, 1.165) is 22.5 Å². The van der Waals surface area contributed by atoms with Crippen molar-refractivity contribution in [1.29, 1.82) is 0 Å². The number of nitrogens with one attached hydrogen (secondary N) is 1. The summed E-state index contributed by atoms with van der Waals surface area (Å²) in [5.41, 5.74) is 2.40. The number of hydrogen-bond donors (Lipinski definition) is 1. The lowest BCUT2D eigenvalue weighted by atomic mass is 10.1. The first-order valence-corrected chi connectivity index (χ1v) is 11.9. The molecule has 1 aromatic heterocycles. The second-order valence-electron chi connectivity index (χ2n) is 6.95. The number of rotatable bonds is 7. The minimum atomic E-state index is -3.83. The number of nitrogens with zero attached hydrogens (tertiary/aromatic N) is 1. The van der Waals surface area contributed by atoms with Gasteiger partial charge in [0.15, 0.2) is 11.6 Å². The number of alkyl halides is 2. The highest BCUT2D eigenvalue weighted by Crippen LogP contribution is 2.38. The Morgan fingerprint density at radius 2 is 1.73 bits per heavy atom. The highest BCUT2D eigenvalue weighted by atomic mass is 79.9. The molecule has 0 aliphatic heterocycles. The molecular formula is C23H16BrF3N2O3S. The van der Waals surface area contributed by atoms with Crippen molar-refractivity contribution in [3.63, 3.8) is 0 Å². The highest BCUT2D eigenvalue weighted by molar-refractivity contribution is 9.10. The SMILES string of the molecule is O=S(=O)(NCc1ccnc2ccccc12)c1ccc(-c2ccc(F)c(OC(F)F)c2Br)cc1. The Kier molecular flexibility index (Phi) is 6.68. The van der Waals surface area contributed by atoms with Gasteiger partial charge in [-0.3, -0.25) is 4.98 Å². The fourth-order valence-corrected chi connectivity index (χ4v) is 4.98. The Hall–Kier alpha value is -2.95. The van der Waals surface area contributed by atoms with Crippen LogP contribution in [0.3, 0.4) is 0 Å². The smallest absolute Gasteiger partial charge is 0.387 e. The molecule has 0 radical (unpaired) electrons. The van der Waals surface area contributed by atoms with Crippen molar-refractivity contribution in [3.8, 4) is 16.9 Å². The van der Waals surface area contributed by atoms with Gasteiger partial charge in [-0.25, -0.2) is 17.5 Å². The molecule has 0 atom stereocenters. The van der Waals surface area contributed by atoms with Gasteiger partial charge < -0.3 is 4.74 Å². The van der Waals surface area contributed by atoms with E-state index in [-0.39, 0.29) is 15.9 Å².